The second kappa shape index (κ2) is 9.91. The number of methoxy groups -OCH3 is 1. The summed E-state index contributed by atoms with van der Waals surface area (Å²) in [6.45, 7) is 3.71. The summed E-state index contributed by atoms with van der Waals surface area (Å²) in [4.78, 5) is 42.0. The lowest BCUT2D eigenvalue weighted by Crippen LogP contribution is -2.47. The van der Waals surface area contributed by atoms with E-state index in [1.807, 2.05) is 13.8 Å². The molecule has 166 valence electrons. The van der Waals surface area contributed by atoms with Crippen molar-refractivity contribution in [2.45, 2.75) is 19.9 Å². The second-order valence-corrected chi connectivity index (χ2v) is 7.68. The first-order valence-corrected chi connectivity index (χ1v) is 10.2. The molecule has 8 heteroatoms. The van der Waals surface area contributed by atoms with Gasteiger partial charge in [-0.15, -0.1) is 0 Å². The van der Waals surface area contributed by atoms with Gasteiger partial charge in [-0.25, -0.2) is 4.98 Å². The van der Waals surface area contributed by atoms with Crippen molar-refractivity contribution in [2.75, 3.05) is 12.4 Å². The third-order valence-electron chi connectivity index (χ3n) is 5.03. The fourth-order valence-electron chi connectivity index (χ4n) is 3.14. The zero-order valence-corrected chi connectivity index (χ0v) is 18.5. The van der Waals surface area contributed by atoms with Crippen molar-refractivity contribution in [2.24, 2.45) is 13.0 Å². The lowest BCUT2D eigenvalue weighted by atomic mass is 10.0. The van der Waals surface area contributed by atoms with Gasteiger partial charge in [0.25, 0.3) is 5.91 Å². The predicted molar refractivity (Wildman–Crippen MR) is 121 cm³/mol. The van der Waals surface area contributed by atoms with E-state index in [0.717, 1.165) is 0 Å². The molecule has 3 aromatic rings. The van der Waals surface area contributed by atoms with E-state index in [1.165, 1.54) is 0 Å². The van der Waals surface area contributed by atoms with Crippen LogP contribution in [0.1, 0.15) is 40.4 Å². The third-order valence-corrected chi connectivity index (χ3v) is 5.03. The van der Waals surface area contributed by atoms with Gasteiger partial charge in [0.05, 0.1) is 7.11 Å². The Hall–Kier alpha value is -3.94. The number of amides is 2. The number of aromatic nitrogens is 2. The molecule has 8 nitrogen and oxygen atoms in total. The Morgan fingerprint density at radius 2 is 1.59 bits per heavy atom. The number of nitrogens with one attached hydrogen (secondary N) is 2. The number of ether oxygens (including phenoxy) is 1. The smallest absolute Gasteiger partial charge is 0.251 e. The number of aryl methyl sites for hydroxylation is 1. The second-order valence-electron chi connectivity index (χ2n) is 7.68. The molecule has 2 N–H and O–H groups in total. The van der Waals surface area contributed by atoms with Crippen molar-refractivity contribution in [1.29, 1.82) is 0 Å². The number of imidazole rings is 1. The van der Waals surface area contributed by atoms with Crippen molar-refractivity contribution in [3.63, 3.8) is 0 Å². The molecule has 1 atom stereocenters. The summed E-state index contributed by atoms with van der Waals surface area (Å²) in [6, 6.07) is 12.5. The molecule has 1 aromatic heterocycles. The molecule has 3 rings (SSSR count). The number of nitrogens with zero attached hydrogens (tertiary/aromatic N) is 2. The molecule has 1 heterocycles. The maximum absolute atomic E-state index is 12.8. The number of hydrogen-bond donors (Lipinski definition) is 2. The molecule has 0 aliphatic rings. The van der Waals surface area contributed by atoms with Crippen LogP contribution in [0.5, 0.6) is 5.75 Å². The van der Waals surface area contributed by atoms with Crippen molar-refractivity contribution in [1.82, 2.24) is 14.9 Å². The van der Waals surface area contributed by atoms with E-state index in [2.05, 4.69) is 15.6 Å². The molecule has 2 amide bonds. The first-order chi connectivity index (χ1) is 15.3. The Kier molecular flexibility index (Phi) is 7.04. The Bertz CT molecular complexity index is 1100. The van der Waals surface area contributed by atoms with E-state index in [-0.39, 0.29) is 23.5 Å². The van der Waals surface area contributed by atoms with Gasteiger partial charge >= 0.3 is 0 Å². The molecule has 1 unspecified atom stereocenters. The van der Waals surface area contributed by atoms with E-state index < -0.39 is 6.04 Å². The minimum absolute atomic E-state index is 0.138. The van der Waals surface area contributed by atoms with Crippen LogP contribution in [-0.4, -0.2) is 40.3 Å². The summed E-state index contributed by atoms with van der Waals surface area (Å²) >= 11 is 0. The van der Waals surface area contributed by atoms with E-state index in [0.29, 0.717) is 28.4 Å². The van der Waals surface area contributed by atoms with Gasteiger partial charge in [0, 0.05) is 36.3 Å². The Balaban J connectivity index is 1.67. The normalized spacial score (nSPS) is 11.7. The van der Waals surface area contributed by atoms with Crippen LogP contribution in [0.4, 0.5) is 5.69 Å². The summed E-state index contributed by atoms with van der Waals surface area (Å²) in [5.41, 5.74) is 1.42. The quantitative estimate of drug-likeness (QED) is 0.531. The standard InChI is InChI=1S/C24H26N4O4/c1-15(2)20(27-23(30)17-7-11-19(32-4)12-8-17)24(31)26-18-9-5-16(6-10-18)21(29)22-25-13-14-28(22)3/h5-15,20H,1-4H3,(H,26,31)(H,27,30). The molecule has 0 bridgehead atoms. The van der Waals surface area contributed by atoms with Crippen LogP contribution in [0.25, 0.3) is 0 Å². The summed E-state index contributed by atoms with van der Waals surface area (Å²) in [7, 11) is 3.30. The van der Waals surface area contributed by atoms with Crippen LogP contribution < -0.4 is 15.4 Å². The average Bonchev–Trinajstić information content (AvgIpc) is 3.22. The van der Waals surface area contributed by atoms with Crippen molar-refractivity contribution < 1.29 is 19.1 Å². The molecule has 0 saturated carbocycles. The minimum atomic E-state index is -0.738. The van der Waals surface area contributed by atoms with Gasteiger partial charge in [-0.05, 0) is 54.4 Å². The van der Waals surface area contributed by atoms with E-state index >= 15 is 0 Å². The maximum Gasteiger partial charge on any atom is 0.251 e. The molecular formula is C24H26N4O4. The third kappa shape index (κ3) is 5.21. The predicted octanol–water partition coefficient (Wildman–Crippen LogP) is 3.05. The zero-order chi connectivity index (χ0) is 23.3. The van der Waals surface area contributed by atoms with Crippen molar-refractivity contribution >= 4 is 23.3 Å². The van der Waals surface area contributed by atoms with Crippen LogP contribution in [-0.2, 0) is 11.8 Å². The summed E-state index contributed by atoms with van der Waals surface area (Å²) in [5.74, 6) is -0.0568. The molecule has 0 radical (unpaired) electrons. The monoisotopic (exact) mass is 434 g/mol. The van der Waals surface area contributed by atoms with E-state index in [4.69, 9.17) is 4.74 Å². The molecule has 0 aliphatic carbocycles. The largest absolute Gasteiger partial charge is 0.497 e. The van der Waals surface area contributed by atoms with Gasteiger partial charge in [0.1, 0.15) is 11.8 Å². The van der Waals surface area contributed by atoms with Crippen LogP contribution >= 0.6 is 0 Å². The number of rotatable bonds is 8. The molecule has 0 spiro atoms. The fourth-order valence-corrected chi connectivity index (χ4v) is 3.14. The molecule has 0 fully saturated rings. The lowest BCUT2D eigenvalue weighted by Gasteiger charge is -2.22. The fraction of sp³-hybridized carbons (Fsp3) is 0.250. The molecule has 2 aromatic carbocycles. The van der Waals surface area contributed by atoms with Crippen molar-refractivity contribution in [3.05, 3.63) is 77.9 Å². The summed E-state index contributed by atoms with van der Waals surface area (Å²) < 4.78 is 6.75. The number of carbonyl (C=O) groups excluding carboxylic acids is 3. The summed E-state index contributed by atoms with van der Waals surface area (Å²) in [5, 5.41) is 5.59. The SMILES string of the molecule is COc1ccc(C(=O)NC(C(=O)Nc2ccc(C(=O)c3nccn3C)cc2)C(C)C)cc1. The highest BCUT2D eigenvalue weighted by Crippen LogP contribution is 2.15. The highest BCUT2D eigenvalue weighted by molar-refractivity contribution is 6.07. The van der Waals surface area contributed by atoms with Gasteiger partial charge in [0.2, 0.25) is 11.7 Å². The Labute approximate surface area is 186 Å². The molecule has 0 saturated heterocycles. The molecule has 32 heavy (non-hydrogen) atoms. The molecular weight excluding hydrogens is 408 g/mol. The number of benzene rings is 2. The average molecular weight is 434 g/mol. The lowest BCUT2D eigenvalue weighted by molar-refractivity contribution is -0.118. The van der Waals surface area contributed by atoms with Gasteiger partial charge in [-0.1, -0.05) is 13.8 Å². The maximum atomic E-state index is 12.8. The van der Waals surface area contributed by atoms with Gasteiger partial charge < -0.3 is 19.9 Å². The van der Waals surface area contributed by atoms with Crippen LogP contribution in [0.15, 0.2) is 60.9 Å². The van der Waals surface area contributed by atoms with Gasteiger partial charge in [-0.3, -0.25) is 14.4 Å². The summed E-state index contributed by atoms with van der Waals surface area (Å²) in [6.07, 6.45) is 3.27. The highest BCUT2D eigenvalue weighted by Gasteiger charge is 2.25. The Morgan fingerprint density at radius 3 is 2.12 bits per heavy atom. The Morgan fingerprint density at radius 1 is 0.969 bits per heavy atom. The first kappa shape index (κ1) is 22.7. The number of ketones is 1. The van der Waals surface area contributed by atoms with E-state index in [9.17, 15) is 14.4 Å². The number of anilines is 1. The van der Waals surface area contributed by atoms with Gasteiger partial charge in [-0.2, -0.15) is 0 Å². The number of hydrogen-bond acceptors (Lipinski definition) is 5. The van der Waals surface area contributed by atoms with Gasteiger partial charge in [0.15, 0.2) is 5.82 Å². The highest BCUT2D eigenvalue weighted by atomic mass is 16.5. The minimum Gasteiger partial charge on any atom is -0.497 e. The molecule has 0 aliphatic heterocycles. The first-order valence-electron chi connectivity index (χ1n) is 10.2. The van der Waals surface area contributed by atoms with Crippen LogP contribution in [0.2, 0.25) is 0 Å². The van der Waals surface area contributed by atoms with Crippen molar-refractivity contribution in [3.8, 4) is 5.75 Å². The van der Waals surface area contributed by atoms with Crippen LogP contribution in [0.3, 0.4) is 0 Å². The van der Waals surface area contributed by atoms with Crippen LogP contribution in [0, 0.1) is 5.92 Å². The number of carbonyl (C=O) groups is 3. The van der Waals surface area contributed by atoms with E-state index in [1.54, 1.807) is 79.6 Å². The zero-order valence-electron chi connectivity index (χ0n) is 18.5. The topological polar surface area (TPSA) is 102 Å².